The maximum absolute atomic E-state index is 11.2. The highest BCUT2D eigenvalue weighted by atomic mass is 32.2. The number of imidazole rings is 1. The zero-order valence-corrected chi connectivity index (χ0v) is 10.8. The fourth-order valence-electron chi connectivity index (χ4n) is 1.73. The summed E-state index contributed by atoms with van der Waals surface area (Å²) >= 11 is 0. The second-order valence-electron chi connectivity index (χ2n) is 3.81. The van der Waals surface area contributed by atoms with Crippen LogP contribution in [0.3, 0.4) is 0 Å². The molecule has 0 aromatic carbocycles. The number of H-pyrrole nitrogens is 1. The number of ether oxygens (including phenoxy) is 1. The first kappa shape index (κ1) is 11.9. The van der Waals surface area contributed by atoms with E-state index in [1.165, 1.54) is 0 Å². The van der Waals surface area contributed by atoms with Crippen molar-refractivity contribution in [3.8, 4) is 6.01 Å². The number of aromatic nitrogens is 2. The molecule has 5 nitrogen and oxygen atoms in total. The molecule has 1 unspecified atom stereocenters. The number of hydrogen-bond acceptors (Lipinski definition) is 3. The van der Waals surface area contributed by atoms with Gasteiger partial charge in [0.1, 0.15) is 11.8 Å². The van der Waals surface area contributed by atoms with E-state index in [4.69, 9.17) is 4.74 Å². The monoisotopic (exact) mass is 255 g/mol. The molecule has 0 aliphatic carbocycles. The van der Waals surface area contributed by atoms with E-state index in [2.05, 4.69) is 9.97 Å². The molecule has 2 heterocycles. The van der Waals surface area contributed by atoms with Crippen LogP contribution in [0.25, 0.3) is 11.0 Å². The largest absolute Gasteiger partial charge is 0.474 e. The van der Waals surface area contributed by atoms with Gasteiger partial charge >= 0.3 is 5.97 Å². The van der Waals surface area contributed by atoms with Crippen molar-refractivity contribution in [3.63, 3.8) is 0 Å². The maximum Gasteiger partial charge on any atom is 0.391 e. The molecule has 0 aliphatic rings. The molecule has 92 valence electrons. The standard InChI is InChI=1S/C11H14N2O3S/c1-4-5-16-11-12-7-6(2)17(3)9(10(14)15)8(7)13-11/h4-5H2,1-3H3,(H-,12,13,14,15)/p+1. The first-order chi connectivity index (χ1) is 8.06. The number of nitrogens with zero attached hydrogens (tertiary/aromatic N) is 1. The first-order valence-electron chi connectivity index (χ1n) is 5.39. The number of rotatable bonds is 4. The Morgan fingerprint density at radius 1 is 1.59 bits per heavy atom. The Balaban J connectivity index is 2.54. The minimum atomic E-state index is -0.889. The summed E-state index contributed by atoms with van der Waals surface area (Å²) in [5.41, 5.74) is 1.34. The molecule has 0 amide bonds. The van der Waals surface area contributed by atoms with Crippen molar-refractivity contribution in [2.24, 2.45) is 6.26 Å². The van der Waals surface area contributed by atoms with Crippen LogP contribution in [0, 0.1) is 6.92 Å². The van der Waals surface area contributed by atoms with Crippen LogP contribution < -0.4 is 4.74 Å². The number of carboxylic acid groups (broad SMARTS) is 1. The second kappa shape index (κ2) is 4.37. The Labute approximate surface area is 101 Å². The van der Waals surface area contributed by atoms with E-state index in [0.29, 0.717) is 23.0 Å². The minimum absolute atomic E-state index is 0.380. The van der Waals surface area contributed by atoms with E-state index in [1.807, 2.05) is 20.1 Å². The van der Waals surface area contributed by atoms with Gasteiger partial charge in [0, 0.05) is 6.92 Å². The molecule has 0 saturated carbocycles. The van der Waals surface area contributed by atoms with Gasteiger partial charge in [-0.1, -0.05) is 6.92 Å². The Bertz CT molecular complexity index is 571. The third-order valence-electron chi connectivity index (χ3n) is 2.65. The number of aromatic amines is 1. The lowest BCUT2D eigenvalue weighted by molar-refractivity contribution is 0.0703. The van der Waals surface area contributed by atoms with Crippen molar-refractivity contribution in [2.45, 2.75) is 20.3 Å². The van der Waals surface area contributed by atoms with Crippen LogP contribution in [-0.4, -0.2) is 27.7 Å². The number of hydrogen-bond donors (Lipinski definition) is 2. The first-order valence-corrected chi connectivity index (χ1v) is 7.02. The van der Waals surface area contributed by atoms with Gasteiger partial charge in [-0.3, -0.25) is 0 Å². The summed E-state index contributed by atoms with van der Waals surface area (Å²) < 4.78 is 5.38. The molecule has 17 heavy (non-hydrogen) atoms. The van der Waals surface area contributed by atoms with Crippen LogP contribution in [0.15, 0.2) is 0 Å². The highest BCUT2D eigenvalue weighted by Gasteiger charge is 2.30. The fourth-order valence-corrected chi connectivity index (χ4v) is 3.19. The number of aryl methyl sites for hydroxylation is 1. The normalized spacial score (nSPS) is 12.1. The van der Waals surface area contributed by atoms with E-state index in [-0.39, 0.29) is 10.5 Å². The van der Waals surface area contributed by atoms with Crippen molar-refractivity contribution in [1.29, 1.82) is 0 Å². The Kier molecular flexibility index (Phi) is 3.06. The summed E-state index contributed by atoms with van der Waals surface area (Å²) in [6.45, 7) is 4.50. The van der Waals surface area contributed by atoms with Crippen molar-refractivity contribution in [3.05, 3.63) is 9.75 Å². The van der Waals surface area contributed by atoms with Gasteiger partial charge in [0.05, 0.1) is 6.61 Å². The molecule has 0 radical (unpaired) electrons. The lowest BCUT2D eigenvalue weighted by atomic mass is 10.3. The topological polar surface area (TPSA) is 75.2 Å². The van der Waals surface area contributed by atoms with Crippen LogP contribution in [0.2, 0.25) is 0 Å². The highest BCUT2D eigenvalue weighted by Crippen LogP contribution is 2.37. The van der Waals surface area contributed by atoms with E-state index < -0.39 is 5.97 Å². The van der Waals surface area contributed by atoms with E-state index >= 15 is 0 Å². The van der Waals surface area contributed by atoms with Crippen LogP contribution >= 0.6 is 10.5 Å². The predicted molar refractivity (Wildman–Crippen MR) is 67.0 cm³/mol. The van der Waals surface area contributed by atoms with Crippen molar-refractivity contribution in [1.82, 2.24) is 9.97 Å². The van der Waals surface area contributed by atoms with E-state index in [9.17, 15) is 9.90 Å². The molecule has 2 rings (SSSR count). The van der Waals surface area contributed by atoms with Gasteiger partial charge in [-0.15, -0.1) is 0 Å². The smallest absolute Gasteiger partial charge is 0.391 e. The average molecular weight is 255 g/mol. The molecule has 2 aromatic rings. The number of fused-ring (bicyclic) bond motifs is 1. The summed E-state index contributed by atoms with van der Waals surface area (Å²) in [4.78, 5) is 19.9. The zero-order valence-electron chi connectivity index (χ0n) is 10.0. The van der Waals surface area contributed by atoms with Gasteiger partial charge in [-0.25, -0.2) is 4.79 Å². The molecule has 2 N–H and O–H groups in total. The maximum atomic E-state index is 11.2. The summed E-state index contributed by atoms with van der Waals surface area (Å²) in [5.74, 6) is -0.889. The summed E-state index contributed by atoms with van der Waals surface area (Å²) in [5, 5.41) is 9.20. The zero-order chi connectivity index (χ0) is 12.6. The molecule has 6 heteroatoms. The lowest BCUT2D eigenvalue weighted by Crippen LogP contribution is -1.97. The summed E-state index contributed by atoms with van der Waals surface area (Å²) in [6, 6.07) is 0.409. The summed E-state index contributed by atoms with van der Waals surface area (Å²) in [7, 11) is -0.380. The van der Waals surface area contributed by atoms with Crippen molar-refractivity contribution >= 4 is 27.5 Å². The number of carboxylic acids is 1. The average Bonchev–Trinajstić information content (AvgIpc) is 2.76. The fraction of sp³-hybridized carbons (Fsp3) is 0.455. The number of nitrogens with one attached hydrogen (secondary N) is 1. The molecular weight excluding hydrogens is 240 g/mol. The van der Waals surface area contributed by atoms with E-state index in [0.717, 1.165) is 16.8 Å². The molecule has 1 atom stereocenters. The van der Waals surface area contributed by atoms with Gasteiger partial charge < -0.3 is 14.8 Å². The van der Waals surface area contributed by atoms with Crippen molar-refractivity contribution in [2.75, 3.05) is 6.61 Å². The van der Waals surface area contributed by atoms with Gasteiger partial charge in [0.25, 0.3) is 10.9 Å². The van der Waals surface area contributed by atoms with Gasteiger partial charge in [-0.05, 0) is 16.9 Å². The third-order valence-corrected chi connectivity index (χ3v) is 4.75. The third kappa shape index (κ3) is 1.88. The van der Waals surface area contributed by atoms with E-state index in [1.54, 1.807) is 0 Å². The van der Waals surface area contributed by atoms with Gasteiger partial charge in [0.2, 0.25) is 0 Å². The lowest BCUT2D eigenvalue weighted by Gasteiger charge is -1.97. The highest BCUT2D eigenvalue weighted by molar-refractivity contribution is 7.32. The van der Waals surface area contributed by atoms with Gasteiger partial charge in [0.15, 0.2) is 10.4 Å². The predicted octanol–water partition coefficient (Wildman–Crippen LogP) is 2.64. The van der Waals surface area contributed by atoms with Crippen LogP contribution in [0.4, 0.5) is 0 Å². The molecule has 0 fully saturated rings. The molecular formula is C11H15N2O3S+. The van der Waals surface area contributed by atoms with Gasteiger partial charge in [-0.2, -0.15) is 4.98 Å². The molecule has 2 aromatic heterocycles. The SMILES string of the molecule is CCCOc1nc2c(C)[s+](C)c(C(=O)O)c2[nH]1. The number of aromatic carboxylic acids is 1. The summed E-state index contributed by atoms with van der Waals surface area (Å²) in [6.07, 6.45) is 2.79. The molecule has 0 aliphatic heterocycles. The molecule has 0 saturated heterocycles. The Morgan fingerprint density at radius 2 is 2.29 bits per heavy atom. The molecule has 0 spiro atoms. The van der Waals surface area contributed by atoms with Crippen LogP contribution in [0.5, 0.6) is 6.01 Å². The van der Waals surface area contributed by atoms with Crippen LogP contribution in [-0.2, 0) is 6.26 Å². The molecule has 0 bridgehead atoms. The van der Waals surface area contributed by atoms with Crippen LogP contribution in [0.1, 0.15) is 27.9 Å². The quantitative estimate of drug-likeness (QED) is 0.823. The minimum Gasteiger partial charge on any atom is -0.474 e. The van der Waals surface area contributed by atoms with Crippen molar-refractivity contribution < 1.29 is 14.6 Å². The number of thiophene rings is 1. The Morgan fingerprint density at radius 3 is 2.88 bits per heavy atom. The Hall–Kier alpha value is -1.56. The number of carbonyl (C=O) groups is 1. The second-order valence-corrected chi connectivity index (χ2v) is 5.86.